The highest BCUT2D eigenvalue weighted by Gasteiger charge is 2.20. The van der Waals surface area contributed by atoms with Gasteiger partial charge in [-0.15, -0.1) is 0 Å². The summed E-state index contributed by atoms with van der Waals surface area (Å²) in [5.41, 5.74) is 1.66. The van der Waals surface area contributed by atoms with Crippen LogP contribution in [-0.2, 0) is 0 Å². The van der Waals surface area contributed by atoms with Crippen molar-refractivity contribution < 1.29 is 0 Å². The maximum Gasteiger partial charge on any atom is 0.0199 e. The molecule has 1 aliphatic carbocycles. The third kappa shape index (κ3) is 2.44. The fourth-order valence-electron chi connectivity index (χ4n) is 2.37. The van der Waals surface area contributed by atoms with Crippen molar-refractivity contribution in [2.24, 2.45) is 5.41 Å². The zero-order valence-electron chi connectivity index (χ0n) is 10.2. The van der Waals surface area contributed by atoms with Gasteiger partial charge in [0, 0.05) is 11.3 Å². The van der Waals surface area contributed by atoms with Crippen LogP contribution < -0.4 is 0 Å². The molecule has 0 N–H and O–H groups in total. The molecular formula is C16H20. The van der Waals surface area contributed by atoms with Crippen molar-refractivity contribution in [3.63, 3.8) is 0 Å². The van der Waals surface area contributed by atoms with Gasteiger partial charge < -0.3 is 0 Å². The van der Waals surface area contributed by atoms with Crippen LogP contribution in [0.15, 0.2) is 54.6 Å². The van der Waals surface area contributed by atoms with E-state index in [1.807, 2.05) is 0 Å². The zero-order chi connectivity index (χ0) is 11.4. The summed E-state index contributed by atoms with van der Waals surface area (Å²) < 4.78 is 0. The van der Waals surface area contributed by atoms with Crippen molar-refractivity contribution in [1.29, 1.82) is 0 Å². The second kappa shape index (κ2) is 4.69. The lowest BCUT2D eigenvalue weighted by molar-refractivity contribution is 0.483. The minimum atomic E-state index is 0.278. The van der Waals surface area contributed by atoms with Crippen LogP contribution >= 0.6 is 0 Å². The molecule has 0 fully saturated rings. The molecule has 0 heterocycles. The van der Waals surface area contributed by atoms with Crippen LogP contribution in [-0.4, -0.2) is 0 Å². The normalized spacial score (nSPS) is 28.2. The highest BCUT2D eigenvalue weighted by molar-refractivity contribution is 5.33. The van der Waals surface area contributed by atoms with E-state index >= 15 is 0 Å². The van der Waals surface area contributed by atoms with Gasteiger partial charge in [-0.2, -0.15) is 0 Å². The summed E-state index contributed by atoms with van der Waals surface area (Å²) in [7, 11) is 0. The van der Waals surface area contributed by atoms with Crippen molar-refractivity contribution in [2.45, 2.75) is 32.6 Å². The van der Waals surface area contributed by atoms with E-state index in [9.17, 15) is 0 Å². The van der Waals surface area contributed by atoms with Crippen molar-refractivity contribution in [1.82, 2.24) is 0 Å². The van der Waals surface area contributed by atoms with Gasteiger partial charge in [0.1, 0.15) is 0 Å². The van der Waals surface area contributed by atoms with Crippen molar-refractivity contribution in [3.8, 4) is 0 Å². The number of benzene rings is 1. The van der Waals surface area contributed by atoms with Crippen LogP contribution in [0.2, 0.25) is 0 Å². The van der Waals surface area contributed by atoms with E-state index in [-0.39, 0.29) is 5.41 Å². The molecule has 0 spiro atoms. The predicted molar refractivity (Wildman–Crippen MR) is 70.5 cm³/mol. The number of allylic oxidation sites excluding steroid dienone is 4. The first-order chi connectivity index (χ1) is 7.73. The van der Waals surface area contributed by atoms with Gasteiger partial charge in [0.05, 0.1) is 0 Å². The Kier molecular flexibility index (Phi) is 3.28. The molecule has 0 atom stereocenters. The molecule has 16 heavy (non-hydrogen) atoms. The molecule has 0 aliphatic heterocycles. The molecule has 2 rings (SSSR count). The van der Waals surface area contributed by atoms with Crippen LogP contribution in [0.25, 0.3) is 0 Å². The van der Waals surface area contributed by atoms with Crippen LogP contribution in [0.4, 0.5) is 0 Å². The molecular weight excluding hydrogens is 192 g/mol. The first-order valence-electron chi connectivity index (χ1n) is 6.17. The SMILES string of the molecule is CCCC1(C)C=CC(c2ccccc2)C=C1. The van der Waals surface area contributed by atoms with Gasteiger partial charge in [-0.05, 0) is 12.0 Å². The lowest BCUT2D eigenvalue weighted by Gasteiger charge is -2.26. The summed E-state index contributed by atoms with van der Waals surface area (Å²) in [4.78, 5) is 0. The van der Waals surface area contributed by atoms with Gasteiger partial charge in [0.2, 0.25) is 0 Å². The zero-order valence-corrected chi connectivity index (χ0v) is 10.2. The Morgan fingerprint density at radius 2 is 1.69 bits per heavy atom. The molecule has 1 aromatic carbocycles. The van der Waals surface area contributed by atoms with Gasteiger partial charge in [0.25, 0.3) is 0 Å². The quantitative estimate of drug-likeness (QED) is 0.637. The first kappa shape index (κ1) is 11.2. The van der Waals surface area contributed by atoms with Gasteiger partial charge in [-0.25, -0.2) is 0 Å². The largest absolute Gasteiger partial charge is 0.0779 e. The van der Waals surface area contributed by atoms with E-state index in [2.05, 4.69) is 68.5 Å². The molecule has 0 aromatic heterocycles. The van der Waals surface area contributed by atoms with Crippen molar-refractivity contribution in [3.05, 3.63) is 60.2 Å². The predicted octanol–water partition coefficient (Wildman–Crippen LogP) is 4.70. The Hall–Kier alpha value is -1.30. The molecule has 1 aliphatic rings. The van der Waals surface area contributed by atoms with Gasteiger partial charge in [0.15, 0.2) is 0 Å². The lowest BCUT2D eigenvalue weighted by atomic mass is 9.78. The monoisotopic (exact) mass is 212 g/mol. The Bertz CT molecular complexity index is 370. The molecule has 0 nitrogen and oxygen atoms in total. The van der Waals surface area contributed by atoms with E-state index in [1.165, 1.54) is 18.4 Å². The summed E-state index contributed by atoms with van der Waals surface area (Å²) in [6, 6.07) is 10.7. The summed E-state index contributed by atoms with van der Waals surface area (Å²) in [5, 5.41) is 0. The van der Waals surface area contributed by atoms with Crippen LogP contribution in [0.5, 0.6) is 0 Å². The molecule has 0 saturated heterocycles. The summed E-state index contributed by atoms with van der Waals surface area (Å²) in [5.74, 6) is 0.464. The highest BCUT2D eigenvalue weighted by Crippen LogP contribution is 2.34. The second-order valence-electron chi connectivity index (χ2n) is 4.91. The summed E-state index contributed by atoms with van der Waals surface area (Å²) in [6.07, 6.45) is 11.9. The highest BCUT2D eigenvalue weighted by atomic mass is 14.2. The van der Waals surface area contributed by atoms with E-state index in [1.54, 1.807) is 0 Å². The van der Waals surface area contributed by atoms with Gasteiger partial charge in [-0.1, -0.05) is 74.9 Å². The lowest BCUT2D eigenvalue weighted by Crippen LogP contribution is -2.13. The van der Waals surface area contributed by atoms with E-state index in [0.29, 0.717) is 5.92 Å². The number of hydrogen-bond donors (Lipinski definition) is 0. The fraction of sp³-hybridized carbons (Fsp3) is 0.375. The Balaban J connectivity index is 2.12. The maximum absolute atomic E-state index is 2.37. The molecule has 0 amide bonds. The summed E-state index contributed by atoms with van der Waals surface area (Å²) in [6.45, 7) is 4.56. The molecule has 0 radical (unpaired) electrons. The van der Waals surface area contributed by atoms with Crippen LogP contribution in [0.3, 0.4) is 0 Å². The third-order valence-electron chi connectivity index (χ3n) is 3.34. The maximum atomic E-state index is 2.37. The van der Waals surface area contributed by atoms with Crippen molar-refractivity contribution >= 4 is 0 Å². The second-order valence-corrected chi connectivity index (χ2v) is 4.91. The van der Waals surface area contributed by atoms with E-state index < -0.39 is 0 Å². The summed E-state index contributed by atoms with van der Waals surface area (Å²) >= 11 is 0. The fourth-order valence-corrected chi connectivity index (χ4v) is 2.37. The average Bonchev–Trinajstić information content (AvgIpc) is 2.31. The Labute approximate surface area is 98.7 Å². The van der Waals surface area contributed by atoms with E-state index in [4.69, 9.17) is 0 Å². The van der Waals surface area contributed by atoms with Crippen molar-refractivity contribution in [2.75, 3.05) is 0 Å². The van der Waals surface area contributed by atoms with Gasteiger partial charge >= 0.3 is 0 Å². The minimum Gasteiger partial charge on any atom is -0.0779 e. The molecule has 0 heteroatoms. The molecule has 0 unspecified atom stereocenters. The third-order valence-corrected chi connectivity index (χ3v) is 3.34. The Morgan fingerprint density at radius 1 is 1.06 bits per heavy atom. The van der Waals surface area contributed by atoms with Gasteiger partial charge in [-0.3, -0.25) is 0 Å². The van der Waals surface area contributed by atoms with Crippen LogP contribution in [0, 0.1) is 5.41 Å². The van der Waals surface area contributed by atoms with Crippen LogP contribution in [0.1, 0.15) is 38.2 Å². The number of rotatable bonds is 3. The average molecular weight is 212 g/mol. The minimum absolute atomic E-state index is 0.278. The first-order valence-corrected chi connectivity index (χ1v) is 6.17. The standard InChI is InChI=1S/C16H20/c1-3-11-16(2)12-9-15(10-13-16)14-7-5-4-6-8-14/h4-10,12-13,15H,3,11H2,1-2H3. The molecule has 1 aromatic rings. The molecule has 0 bridgehead atoms. The molecule has 0 saturated carbocycles. The van der Waals surface area contributed by atoms with E-state index in [0.717, 1.165) is 0 Å². The smallest absolute Gasteiger partial charge is 0.0199 e. The molecule has 84 valence electrons. The topological polar surface area (TPSA) is 0 Å². The Morgan fingerprint density at radius 3 is 2.25 bits per heavy atom. The number of hydrogen-bond acceptors (Lipinski definition) is 0.